The summed E-state index contributed by atoms with van der Waals surface area (Å²) in [7, 11) is 0. The first-order valence-electron chi connectivity index (χ1n) is 9.78. The number of carbonyl (C=O) groups excluding carboxylic acids is 1. The fraction of sp³-hybridized carbons (Fsp3) is 0. The van der Waals surface area contributed by atoms with Crippen LogP contribution in [-0.4, -0.2) is 5.91 Å². The molecule has 5 aromatic rings. The molecule has 0 saturated carbocycles. The Morgan fingerprint density at radius 1 is 0.600 bits per heavy atom. The van der Waals surface area contributed by atoms with E-state index in [1.54, 1.807) is 0 Å². The lowest BCUT2D eigenvalue weighted by atomic mass is 9.96. The molecule has 5 rings (SSSR count). The predicted molar refractivity (Wildman–Crippen MR) is 129 cm³/mol. The molecule has 0 saturated heterocycles. The average Bonchev–Trinajstić information content (AvgIpc) is 2.79. The molecule has 5 aromatic carbocycles. The highest BCUT2D eigenvalue weighted by Gasteiger charge is 2.15. The lowest BCUT2D eigenvalue weighted by Gasteiger charge is -2.14. The number of nitrogens with one attached hydrogen (secondary N) is 1. The molecule has 144 valence electrons. The fourth-order valence-electron chi connectivity index (χ4n) is 3.94. The molecule has 1 N–H and O–H groups in total. The van der Waals surface area contributed by atoms with Crippen molar-refractivity contribution in [2.24, 2.45) is 0 Å². The lowest BCUT2D eigenvalue weighted by Crippen LogP contribution is -2.13. The maximum Gasteiger partial charge on any atom is 0.256 e. The largest absolute Gasteiger partial charge is 0.321 e. The van der Waals surface area contributed by atoms with Crippen LogP contribution in [0.4, 0.5) is 5.69 Å². The van der Waals surface area contributed by atoms with Crippen LogP contribution in [0.1, 0.15) is 10.4 Å². The molecule has 2 nitrogen and oxygen atoms in total. The molecule has 0 heterocycles. The summed E-state index contributed by atoms with van der Waals surface area (Å²) in [4.78, 5) is 13.3. The molecule has 3 heteroatoms. The van der Waals surface area contributed by atoms with Gasteiger partial charge in [0, 0.05) is 21.3 Å². The van der Waals surface area contributed by atoms with Crippen LogP contribution in [0.3, 0.4) is 0 Å². The van der Waals surface area contributed by atoms with E-state index in [0.717, 1.165) is 37.4 Å². The molecular weight excluding hydrogens is 434 g/mol. The van der Waals surface area contributed by atoms with Gasteiger partial charge >= 0.3 is 0 Å². The van der Waals surface area contributed by atoms with Gasteiger partial charge in [0.15, 0.2) is 0 Å². The Balaban J connectivity index is 1.59. The molecule has 0 fully saturated rings. The monoisotopic (exact) mass is 451 g/mol. The average molecular weight is 452 g/mol. The number of amides is 1. The van der Waals surface area contributed by atoms with Crippen LogP contribution in [0.2, 0.25) is 0 Å². The van der Waals surface area contributed by atoms with E-state index in [-0.39, 0.29) is 5.91 Å². The number of rotatable bonds is 3. The van der Waals surface area contributed by atoms with E-state index in [2.05, 4.69) is 57.6 Å². The number of para-hydroxylation sites is 1. The smallest absolute Gasteiger partial charge is 0.256 e. The number of carbonyl (C=O) groups is 1. The second-order valence-corrected chi connectivity index (χ2v) is 8.02. The third-order valence-corrected chi connectivity index (χ3v) is 6.06. The van der Waals surface area contributed by atoms with Crippen molar-refractivity contribution >= 4 is 49.1 Å². The highest BCUT2D eigenvalue weighted by Crippen LogP contribution is 2.34. The third-order valence-electron chi connectivity index (χ3n) is 5.37. The highest BCUT2D eigenvalue weighted by molar-refractivity contribution is 9.10. The quantitative estimate of drug-likeness (QED) is 0.299. The first-order valence-corrected chi connectivity index (χ1v) is 10.6. The molecule has 0 aliphatic carbocycles. The maximum absolute atomic E-state index is 13.3. The van der Waals surface area contributed by atoms with Gasteiger partial charge < -0.3 is 5.32 Å². The molecule has 0 bridgehead atoms. The summed E-state index contributed by atoms with van der Waals surface area (Å²) in [6.45, 7) is 0. The molecule has 0 aliphatic heterocycles. The number of fused-ring (bicyclic) bond motifs is 2. The van der Waals surface area contributed by atoms with Crippen molar-refractivity contribution in [3.05, 3.63) is 113 Å². The third kappa shape index (κ3) is 3.27. The molecule has 0 radical (unpaired) electrons. The van der Waals surface area contributed by atoms with Crippen molar-refractivity contribution in [1.29, 1.82) is 0 Å². The minimum atomic E-state index is -0.119. The van der Waals surface area contributed by atoms with Crippen molar-refractivity contribution in [2.45, 2.75) is 0 Å². The number of benzene rings is 5. The van der Waals surface area contributed by atoms with E-state index in [1.165, 1.54) is 5.39 Å². The molecule has 0 spiro atoms. The van der Waals surface area contributed by atoms with E-state index in [4.69, 9.17) is 0 Å². The predicted octanol–water partition coefficient (Wildman–Crippen LogP) is 7.67. The Morgan fingerprint density at radius 3 is 2.10 bits per heavy atom. The number of anilines is 1. The van der Waals surface area contributed by atoms with Gasteiger partial charge in [-0.05, 0) is 45.3 Å². The Labute approximate surface area is 183 Å². The number of halogens is 1. The van der Waals surface area contributed by atoms with Gasteiger partial charge in [0.1, 0.15) is 0 Å². The first kappa shape index (κ1) is 18.6. The van der Waals surface area contributed by atoms with Gasteiger partial charge in [0.05, 0.1) is 0 Å². The highest BCUT2D eigenvalue weighted by atomic mass is 79.9. The van der Waals surface area contributed by atoms with E-state index in [0.29, 0.717) is 5.56 Å². The molecule has 1 amide bonds. The summed E-state index contributed by atoms with van der Waals surface area (Å²) in [5.74, 6) is -0.119. The SMILES string of the molecule is O=C(Nc1ccccc1-c1cccc2ccccc12)c1ccc(Br)c2ccccc12. The van der Waals surface area contributed by atoms with Crippen molar-refractivity contribution in [3.63, 3.8) is 0 Å². The minimum absolute atomic E-state index is 0.119. The van der Waals surface area contributed by atoms with Crippen LogP contribution in [0.25, 0.3) is 32.7 Å². The summed E-state index contributed by atoms with van der Waals surface area (Å²) in [5, 5.41) is 7.43. The van der Waals surface area contributed by atoms with Crippen LogP contribution in [0.5, 0.6) is 0 Å². The van der Waals surface area contributed by atoms with Crippen molar-refractivity contribution in [1.82, 2.24) is 0 Å². The zero-order valence-corrected chi connectivity index (χ0v) is 17.7. The number of hydrogen-bond donors (Lipinski definition) is 1. The van der Waals surface area contributed by atoms with Crippen molar-refractivity contribution in [3.8, 4) is 11.1 Å². The molecule has 30 heavy (non-hydrogen) atoms. The van der Waals surface area contributed by atoms with Gasteiger partial charge in [0.2, 0.25) is 0 Å². The standard InChI is InChI=1S/C27H18BrNO/c28-25-17-16-24(21-11-3-4-12-22(21)25)27(30)29-26-15-6-5-13-23(26)20-14-7-9-18-8-1-2-10-19(18)20/h1-17H,(H,29,30). The molecular formula is C27H18BrNO. The summed E-state index contributed by atoms with van der Waals surface area (Å²) < 4.78 is 0.978. The summed E-state index contributed by atoms with van der Waals surface area (Å²) in [5.41, 5.74) is 3.56. The van der Waals surface area contributed by atoms with Gasteiger partial charge in [-0.1, -0.05) is 101 Å². The van der Waals surface area contributed by atoms with E-state index < -0.39 is 0 Å². The maximum atomic E-state index is 13.3. The van der Waals surface area contributed by atoms with Crippen LogP contribution in [0, 0.1) is 0 Å². The van der Waals surface area contributed by atoms with E-state index in [9.17, 15) is 4.79 Å². The van der Waals surface area contributed by atoms with E-state index >= 15 is 0 Å². The lowest BCUT2D eigenvalue weighted by molar-refractivity contribution is 0.102. The van der Waals surface area contributed by atoms with Gasteiger partial charge in [-0.25, -0.2) is 0 Å². The van der Waals surface area contributed by atoms with Gasteiger partial charge in [-0.3, -0.25) is 4.79 Å². The Kier molecular flexibility index (Phi) is 4.82. The van der Waals surface area contributed by atoms with Crippen LogP contribution in [-0.2, 0) is 0 Å². The minimum Gasteiger partial charge on any atom is -0.321 e. The van der Waals surface area contributed by atoms with Gasteiger partial charge in [-0.15, -0.1) is 0 Å². The molecule has 0 atom stereocenters. The van der Waals surface area contributed by atoms with Crippen molar-refractivity contribution < 1.29 is 4.79 Å². The summed E-state index contributed by atoms with van der Waals surface area (Å²) in [6, 6.07) is 34.2. The Bertz CT molecular complexity index is 1400. The molecule has 0 aromatic heterocycles. The summed E-state index contributed by atoms with van der Waals surface area (Å²) >= 11 is 3.58. The second-order valence-electron chi connectivity index (χ2n) is 7.17. The summed E-state index contributed by atoms with van der Waals surface area (Å²) in [6.07, 6.45) is 0. The van der Waals surface area contributed by atoms with Crippen LogP contribution >= 0.6 is 15.9 Å². The zero-order valence-electron chi connectivity index (χ0n) is 16.1. The van der Waals surface area contributed by atoms with Crippen LogP contribution in [0.15, 0.2) is 108 Å². The van der Waals surface area contributed by atoms with Gasteiger partial charge in [-0.2, -0.15) is 0 Å². The Morgan fingerprint density at radius 2 is 1.23 bits per heavy atom. The normalized spacial score (nSPS) is 11.0. The van der Waals surface area contributed by atoms with E-state index in [1.807, 2.05) is 66.7 Å². The first-order chi connectivity index (χ1) is 14.7. The van der Waals surface area contributed by atoms with Gasteiger partial charge in [0.25, 0.3) is 5.91 Å². The Hall–Kier alpha value is -3.43. The molecule has 0 unspecified atom stereocenters. The zero-order chi connectivity index (χ0) is 20.5. The van der Waals surface area contributed by atoms with Crippen LogP contribution < -0.4 is 5.32 Å². The fourth-order valence-corrected chi connectivity index (χ4v) is 4.42. The number of hydrogen-bond acceptors (Lipinski definition) is 1. The van der Waals surface area contributed by atoms with Crippen molar-refractivity contribution in [2.75, 3.05) is 5.32 Å². The topological polar surface area (TPSA) is 29.1 Å². The molecule has 0 aliphatic rings. The second kappa shape index (κ2) is 7.77.